The summed E-state index contributed by atoms with van der Waals surface area (Å²) in [4.78, 5) is 23.7. The monoisotopic (exact) mass is 303 g/mol. The molecule has 2 aromatic rings. The Kier molecular flexibility index (Phi) is 5.04. The SMILES string of the molecule is CCOC(=O)CCCc1c(N)c(=O)n(-c2ccccc2)n1C. The summed E-state index contributed by atoms with van der Waals surface area (Å²) >= 11 is 0. The maximum atomic E-state index is 12.3. The first-order valence-corrected chi connectivity index (χ1v) is 7.33. The number of carbonyl (C=O) groups excluding carboxylic acids is 1. The van der Waals surface area contributed by atoms with Gasteiger partial charge >= 0.3 is 5.97 Å². The van der Waals surface area contributed by atoms with E-state index in [9.17, 15) is 9.59 Å². The highest BCUT2D eigenvalue weighted by atomic mass is 16.5. The molecule has 118 valence electrons. The number of anilines is 1. The predicted molar refractivity (Wildman–Crippen MR) is 85.0 cm³/mol. The lowest BCUT2D eigenvalue weighted by Crippen LogP contribution is -2.20. The van der Waals surface area contributed by atoms with Crippen LogP contribution in [0.4, 0.5) is 5.69 Å². The van der Waals surface area contributed by atoms with E-state index in [1.165, 1.54) is 4.68 Å². The van der Waals surface area contributed by atoms with Crippen LogP contribution in [0.25, 0.3) is 5.69 Å². The molecular weight excluding hydrogens is 282 g/mol. The largest absolute Gasteiger partial charge is 0.466 e. The van der Waals surface area contributed by atoms with E-state index in [0.717, 1.165) is 11.4 Å². The molecule has 0 aliphatic heterocycles. The molecule has 2 rings (SSSR count). The van der Waals surface area contributed by atoms with Gasteiger partial charge in [0.1, 0.15) is 5.69 Å². The van der Waals surface area contributed by atoms with E-state index in [1.807, 2.05) is 30.3 Å². The highest BCUT2D eigenvalue weighted by Crippen LogP contribution is 2.14. The van der Waals surface area contributed by atoms with Crippen LogP contribution in [0.15, 0.2) is 35.1 Å². The van der Waals surface area contributed by atoms with E-state index in [2.05, 4.69) is 0 Å². The maximum absolute atomic E-state index is 12.3. The van der Waals surface area contributed by atoms with Gasteiger partial charge in [-0.25, -0.2) is 4.68 Å². The predicted octanol–water partition coefficient (Wildman–Crippen LogP) is 1.64. The fourth-order valence-electron chi connectivity index (χ4n) is 2.46. The Morgan fingerprint density at radius 2 is 1.95 bits per heavy atom. The minimum atomic E-state index is -0.236. The van der Waals surface area contributed by atoms with Gasteiger partial charge in [0.25, 0.3) is 5.56 Å². The average Bonchev–Trinajstić information content (AvgIpc) is 2.72. The second-order valence-corrected chi connectivity index (χ2v) is 5.00. The van der Waals surface area contributed by atoms with Crippen LogP contribution < -0.4 is 11.3 Å². The summed E-state index contributed by atoms with van der Waals surface area (Å²) in [5.41, 5.74) is 7.44. The molecule has 0 unspecified atom stereocenters. The second-order valence-electron chi connectivity index (χ2n) is 5.00. The molecule has 0 aliphatic carbocycles. The number of carbonyl (C=O) groups is 1. The van der Waals surface area contributed by atoms with Crippen molar-refractivity contribution in [2.75, 3.05) is 12.3 Å². The molecule has 22 heavy (non-hydrogen) atoms. The summed E-state index contributed by atoms with van der Waals surface area (Å²) in [6.07, 6.45) is 1.46. The van der Waals surface area contributed by atoms with Gasteiger partial charge in [-0.15, -0.1) is 0 Å². The Hall–Kier alpha value is -2.50. The maximum Gasteiger partial charge on any atom is 0.305 e. The summed E-state index contributed by atoms with van der Waals surface area (Å²) in [6.45, 7) is 2.16. The number of aromatic nitrogens is 2. The molecule has 0 atom stereocenters. The Morgan fingerprint density at radius 1 is 1.27 bits per heavy atom. The van der Waals surface area contributed by atoms with Gasteiger partial charge in [0.2, 0.25) is 0 Å². The third kappa shape index (κ3) is 3.21. The quantitative estimate of drug-likeness (QED) is 0.823. The molecule has 0 amide bonds. The van der Waals surface area contributed by atoms with Crippen molar-refractivity contribution in [2.45, 2.75) is 26.2 Å². The van der Waals surface area contributed by atoms with Crippen LogP contribution in [0, 0.1) is 0 Å². The van der Waals surface area contributed by atoms with Crippen LogP contribution in [0.3, 0.4) is 0 Å². The number of nitrogens with two attached hydrogens (primary N) is 1. The smallest absolute Gasteiger partial charge is 0.305 e. The Bertz CT molecular complexity index is 701. The zero-order valence-electron chi connectivity index (χ0n) is 12.9. The number of hydrogen-bond donors (Lipinski definition) is 1. The molecule has 0 radical (unpaired) electrons. The van der Waals surface area contributed by atoms with Crippen LogP contribution in [-0.4, -0.2) is 21.9 Å². The molecule has 6 nitrogen and oxygen atoms in total. The third-order valence-electron chi connectivity index (χ3n) is 3.52. The van der Waals surface area contributed by atoms with Crippen molar-refractivity contribution in [2.24, 2.45) is 7.05 Å². The van der Waals surface area contributed by atoms with Crippen molar-refractivity contribution in [1.82, 2.24) is 9.36 Å². The number of para-hydroxylation sites is 1. The van der Waals surface area contributed by atoms with Crippen LogP contribution in [-0.2, 0) is 23.0 Å². The number of rotatable bonds is 6. The zero-order chi connectivity index (χ0) is 16.1. The molecule has 0 aliphatic rings. The van der Waals surface area contributed by atoms with Crippen molar-refractivity contribution < 1.29 is 9.53 Å². The van der Waals surface area contributed by atoms with Gasteiger partial charge in [0, 0.05) is 13.5 Å². The molecule has 0 saturated heterocycles. The van der Waals surface area contributed by atoms with Gasteiger partial charge in [0.05, 0.1) is 18.0 Å². The first-order chi connectivity index (χ1) is 10.6. The Labute approximate surface area is 129 Å². The lowest BCUT2D eigenvalue weighted by Gasteiger charge is -2.09. The molecule has 1 aromatic carbocycles. The third-order valence-corrected chi connectivity index (χ3v) is 3.52. The van der Waals surface area contributed by atoms with Gasteiger partial charge in [0.15, 0.2) is 0 Å². The van der Waals surface area contributed by atoms with E-state index >= 15 is 0 Å². The molecule has 0 fully saturated rings. The molecule has 1 aromatic heterocycles. The Morgan fingerprint density at radius 3 is 2.59 bits per heavy atom. The molecule has 0 bridgehead atoms. The van der Waals surface area contributed by atoms with Gasteiger partial charge in [-0.2, -0.15) is 0 Å². The van der Waals surface area contributed by atoms with Gasteiger partial charge in [-0.05, 0) is 31.9 Å². The molecular formula is C16H21N3O3. The van der Waals surface area contributed by atoms with Crippen LogP contribution >= 0.6 is 0 Å². The van der Waals surface area contributed by atoms with Crippen molar-refractivity contribution in [3.63, 3.8) is 0 Å². The lowest BCUT2D eigenvalue weighted by molar-refractivity contribution is -0.143. The number of benzene rings is 1. The lowest BCUT2D eigenvalue weighted by atomic mass is 10.2. The zero-order valence-corrected chi connectivity index (χ0v) is 12.9. The highest BCUT2D eigenvalue weighted by molar-refractivity contribution is 5.69. The summed E-state index contributed by atoms with van der Waals surface area (Å²) in [6, 6.07) is 9.32. The topological polar surface area (TPSA) is 79.2 Å². The first-order valence-electron chi connectivity index (χ1n) is 7.33. The summed E-state index contributed by atoms with van der Waals surface area (Å²) in [5, 5.41) is 0. The molecule has 0 spiro atoms. The molecule has 0 saturated carbocycles. The minimum absolute atomic E-state index is 0.228. The van der Waals surface area contributed by atoms with Crippen LogP contribution in [0.1, 0.15) is 25.5 Å². The van der Waals surface area contributed by atoms with E-state index in [0.29, 0.717) is 25.9 Å². The Balaban J connectivity index is 2.20. The fraction of sp³-hybridized carbons (Fsp3) is 0.375. The summed E-state index contributed by atoms with van der Waals surface area (Å²) in [7, 11) is 1.80. The molecule has 1 heterocycles. The standard InChI is InChI=1S/C16H21N3O3/c1-3-22-14(20)11-7-10-13-15(17)16(21)19(18(13)2)12-8-5-4-6-9-12/h4-6,8-9H,3,7,10-11,17H2,1-2H3. The van der Waals surface area contributed by atoms with E-state index < -0.39 is 0 Å². The van der Waals surface area contributed by atoms with Gasteiger partial charge < -0.3 is 10.5 Å². The van der Waals surface area contributed by atoms with E-state index in [4.69, 9.17) is 10.5 Å². The second kappa shape index (κ2) is 6.98. The van der Waals surface area contributed by atoms with Crippen LogP contribution in [0.5, 0.6) is 0 Å². The van der Waals surface area contributed by atoms with Crippen molar-refractivity contribution >= 4 is 11.7 Å². The summed E-state index contributed by atoms with van der Waals surface area (Å²) in [5.74, 6) is -0.228. The first kappa shape index (κ1) is 15.9. The van der Waals surface area contributed by atoms with E-state index in [-0.39, 0.29) is 17.2 Å². The number of hydrogen-bond acceptors (Lipinski definition) is 4. The van der Waals surface area contributed by atoms with Crippen molar-refractivity contribution in [1.29, 1.82) is 0 Å². The van der Waals surface area contributed by atoms with Gasteiger partial charge in [-0.1, -0.05) is 18.2 Å². The molecule has 2 N–H and O–H groups in total. The number of ether oxygens (including phenoxy) is 1. The van der Waals surface area contributed by atoms with Crippen LogP contribution in [0.2, 0.25) is 0 Å². The van der Waals surface area contributed by atoms with Crippen molar-refractivity contribution in [3.05, 3.63) is 46.4 Å². The van der Waals surface area contributed by atoms with Crippen molar-refractivity contribution in [3.8, 4) is 5.69 Å². The van der Waals surface area contributed by atoms with E-state index in [1.54, 1.807) is 18.7 Å². The summed E-state index contributed by atoms with van der Waals surface area (Å²) < 4.78 is 8.18. The highest BCUT2D eigenvalue weighted by Gasteiger charge is 2.16. The van der Waals surface area contributed by atoms with Gasteiger partial charge in [-0.3, -0.25) is 14.3 Å². The number of nitrogen functional groups attached to an aromatic ring is 1. The molecule has 6 heteroatoms. The number of esters is 1. The fourth-order valence-corrected chi connectivity index (χ4v) is 2.46. The average molecular weight is 303 g/mol. The normalized spacial score (nSPS) is 10.6. The number of nitrogens with zero attached hydrogens (tertiary/aromatic N) is 2. The minimum Gasteiger partial charge on any atom is -0.466 e.